The van der Waals surface area contributed by atoms with Crippen molar-refractivity contribution in [3.8, 4) is 0 Å². The van der Waals surface area contributed by atoms with Crippen LogP contribution in [0.4, 0.5) is 5.69 Å². The van der Waals surface area contributed by atoms with Gasteiger partial charge in [0.2, 0.25) is 5.91 Å². The van der Waals surface area contributed by atoms with Crippen LogP contribution in [0.25, 0.3) is 0 Å². The second kappa shape index (κ2) is 12.5. The molecule has 1 fully saturated rings. The molecule has 0 radical (unpaired) electrons. The first-order valence-electron chi connectivity index (χ1n) is 10.4. The third kappa shape index (κ3) is 7.95. The number of nitrogens with one attached hydrogen (secondary N) is 2. The first-order valence-corrected chi connectivity index (χ1v) is 11.8. The summed E-state index contributed by atoms with van der Waals surface area (Å²) >= 11 is 1.60. The van der Waals surface area contributed by atoms with Crippen molar-refractivity contribution in [2.45, 2.75) is 38.6 Å². The zero-order valence-electron chi connectivity index (χ0n) is 17.8. The van der Waals surface area contributed by atoms with Gasteiger partial charge in [0.1, 0.15) is 6.04 Å². The second-order valence-electron chi connectivity index (χ2n) is 7.83. The van der Waals surface area contributed by atoms with Crippen molar-refractivity contribution in [3.63, 3.8) is 0 Å². The minimum atomic E-state index is -0.675. The molecule has 8 nitrogen and oxygen atoms in total. The highest BCUT2D eigenvalue weighted by atomic mass is 32.2. The van der Waals surface area contributed by atoms with E-state index < -0.39 is 16.9 Å². The van der Waals surface area contributed by atoms with Crippen molar-refractivity contribution < 1.29 is 14.5 Å². The van der Waals surface area contributed by atoms with Crippen molar-refractivity contribution in [2.75, 3.05) is 38.2 Å². The molecule has 30 heavy (non-hydrogen) atoms. The molecule has 0 spiro atoms. The predicted octanol–water partition coefficient (Wildman–Crippen LogP) is 2.68. The zero-order chi connectivity index (χ0) is 21.9. The molecule has 1 saturated heterocycles. The summed E-state index contributed by atoms with van der Waals surface area (Å²) in [5.74, 6) is 0.340. The fourth-order valence-electron chi connectivity index (χ4n) is 3.55. The molecule has 0 aromatic heterocycles. The van der Waals surface area contributed by atoms with Crippen molar-refractivity contribution in [3.05, 3.63) is 39.9 Å². The largest absolute Gasteiger partial charge is 0.354 e. The number of nitrogens with zero attached hydrogens (tertiary/aromatic N) is 2. The number of amides is 2. The Bertz CT molecular complexity index is 725. The van der Waals surface area contributed by atoms with E-state index in [4.69, 9.17) is 0 Å². The van der Waals surface area contributed by atoms with Gasteiger partial charge >= 0.3 is 0 Å². The van der Waals surface area contributed by atoms with Gasteiger partial charge in [-0.1, -0.05) is 19.4 Å². The van der Waals surface area contributed by atoms with Crippen LogP contribution in [0.15, 0.2) is 24.3 Å². The molecular formula is C21H32N4O4S. The summed E-state index contributed by atoms with van der Waals surface area (Å²) in [7, 11) is 0. The van der Waals surface area contributed by atoms with Gasteiger partial charge < -0.3 is 15.5 Å². The summed E-state index contributed by atoms with van der Waals surface area (Å²) in [5, 5.41) is 16.7. The van der Waals surface area contributed by atoms with Crippen molar-refractivity contribution in [1.82, 2.24) is 15.5 Å². The molecule has 2 atom stereocenters. The van der Waals surface area contributed by atoms with Crippen LogP contribution in [0, 0.1) is 16.0 Å². The molecule has 1 heterocycles. The lowest BCUT2D eigenvalue weighted by molar-refractivity contribution is -0.384. The highest BCUT2D eigenvalue weighted by Crippen LogP contribution is 2.14. The molecule has 1 aromatic rings. The summed E-state index contributed by atoms with van der Waals surface area (Å²) in [6.07, 6.45) is 6.20. The highest BCUT2D eigenvalue weighted by Gasteiger charge is 2.23. The lowest BCUT2D eigenvalue weighted by Crippen LogP contribution is -2.48. The molecule has 2 rings (SSSR count). The summed E-state index contributed by atoms with van der Waals surface area (Å²) in [4.78, 5) is 38.1. The van der Waals surface area contributed by atoms with E-state index in [1.807, 2.05) is 6.26 Å². The van der Waals surface area contributed by atoms with Gasteiger partial charge in [0.15, 0.2) is 0 Å². The molecule has 1 aliphatic heterocycles. The number of rotatable bonds is 11. The Morgan fingerprint density at radius 2 is 2.00 bits per heavy atom. The first-order chi connectivity index (χ1) is 14.4. The fraction of sp³-hybridized carbons (Fsp3) is 0.619. The minimum absolute atomic E-state index is 0.153. The van der Waals surface area contributed by atoms with Crippen molar-refractivity contribution >= 4 is 29.3 Å². The maximum atomic E-state index is 12.7. The van der Waals surface area contributed by atoms with E-state index in [1.54, 1.807) is 11.8 Å². The summed E-state index contributed by atoms with van der Waals surface area (Å²) in [6, 6.07) is 4.85. The van der Waals surface area contributed by atoms with Gasteiger partial charge in [0, 0.05) is 30.8 Å². The Kier molecular flexibility index (Phi) is 10.1. The van der Waals surface area contributed by atoms with E-state index in [2.05, 4.69) is 22.5 Å². The van der Waals surface area contributed by atoms with E-state index in [-0.39, 0.29) is 17.2 Å². The smallest absolute Gasteiger partial charge is 0.270 e. The monoisotopic (exact) mass is 436 g/mol. The van der Waals surface area contributed by atoms with Gasteiger partial charge in [-0.05, 0) is 56.3 Å². The first kappa shape index (κ1) is 24.1. The molecule has 166 valence electrons. The number of piperidine rings is 1. The van der Waals surface area contributed by atoms with Crippen LogP contribution in [0.5, 0.6) is 0 Å². The number of hydrogen-bond acceptors (Lipinski definition) is 6. The topological polar surface area (TPSA) is 105 Å². The third-order valence-electron chi connectivity index (χ3n) is 5.19. The normalized spacial score (nSPS) is 16.5. The van der Waals surface area contributed by atoms with Crippen LogP contribution in [0.1, 0.15) is 43.0 Å². The van der Waals surface area contributed by atoms with Gasteiger partial charge in [0.25, 0.3) is 11.6 Å². The number of nitro groups is 1. The van der Waals surface area contributed by atoms with Crippen molar-refractivity contribution in [1.29, 1.82) is 0 Å². The third-order valence-corrected chi connectivity index (χ3v) is 5.84. The second-order valence-corrected chi connectivity index (χ2v) is 8.81. The summed E-state index contributed by atoms with van der Waals surface area (Å²) < 4.78 is 0. The minimum Gasteiger partial charge on any atom is -0.354 e. The van der Waals surface area contributed by atoms with E-state index in [1.165, 1.54) is 43.5 Å². The summed E-state index contributed by atoms with van der Waals surface area (Å²) in [6.45, 7) is 5.86. The van der Waals surface area contributed by atoms with E-state index in [0.29, 0.717) is 18.9 Å². The molecular weight excluding hydrogens is 404 g/mol. The number of likely N-dealkylation sites (tertiary alicyclic amines) is 1. The Labute approximate surface area is 182 Å². The average molecular weight is 437 g/mol. The molecule has 2 unspecified atom stereocenters. The van der Waals surface area contributed by atoms with Gasteiger partial charge in [0.05, 0.1) is 4.92 Å². The SMILES string of the molecule is CSCCC(NC(=O)c1cccc([N+](=O)[O-])c1)C(=O)NCC(C)CN1CCCCC1. The van der Waals surface area contributed by atoms with Crippen LogP contribution < -0.4 is 10.6 Å². The number of carbonyl (C=O) groups is 2. The Morgan fingerprint density at radius 1 is 1.27 bits per heavy atom. The van der Waals surface area contributed by atoms with Gasteiger partial charge in [-0.2, -0.15) is 11.8 Å². The van der Waals surface area contributed by atoms with E-state index >= 15 is 0 Å². The Hall–Kier alpha value is -2.13. The number of non-ortho nitro benzene ring substituents is 1. The highest BCUT2D eigenvalue weighted by molar-refractivity contribution is 7.98. The molecule has 0 aliphatic carbocycles. The summed E-state index contributed by atoms with van der Waals surface area (Å²) in [5.41, 5.74) is 0.0175. The lowest BCUT2D eigenvalue weighted by Gasteiger charge is -2.29. The predicted molar refractivity (Wildman–Crippen MR) is 120 cm³/mol. The number of hydrogen-bond donors (Lipinski definition) is 2. The fourth-order valence-corrected chi connectivity index (χ4v) is 4.02. The van der Waals surface area contributed by atoms with Gasteiger partial charge in [-0.15, -0.1) is 0 Å². The number of thioether (sulfide) groups is 1. The quantitative estimate of drug-likeness (QED) is 0.408. The Morgan fingerprint density at radius 3 is 2.67 bits per heavy atom. The average Bonchev–Trinajstić information content (AvgIpc) is 2.75. The number of benzene rings is 1. The van der Waals surface area contributed by atoms with Crippen LogP contribution >= 0.6 is 11.8 Å². The molecule has 0 saturated carbocycles. The number of nitro benzene ring substituents is 1. The van der Waals surface area contributed by atoms with Crippen molar-refractivity contribution in [2.24, 2.45) is 5.92 Å². The standard InChI is InChI=1S/C21H32N4O4S/c1-16(15-24-10-4-3-5-11-24)14-22-21(27)19(9-12-30-2)23-20(26)17-7-6-8-18(13-17)25(28)29/h6-8,13,16,19H,3-5,9-12,14-15H2,1-2H3,(H,22,27)(H,23,26). The van der Waals surface area contributed by atoms with E-state index in [0.717, 1.165) is 25.4 Å². The maximum Gasteiger partial charge on any atom is 0.270 e. The van der Waals surface area contributed by atoms with Gasteiger partial charge in [-0.25, -0.2) is 0 Å². The molecule has 1 aromatic carbocycles. The van der Waals surface area contributed by atoms with Crippen LogP contribution in [-0.2, 0) is 4.79 Å². The molecule has 0 bridgehead atoms. The molecule has 9 heteroatoms. The zero-order valence-corrected chi connectivity index (χ0v) is 18.6. The number of carbonyl (C=O) groups excluding carboxylic acids is 2. The lowest BCUT2D eigenvalue weighted by atomic mass is 10.1. The Balaban J connectivity index is 1.91. The van der Waals surface area contributed by atoms with E-state index in [9.17, 15) is 19.7 Å². The molecule has 2 amide bonds. The molecule has 1 aliphatic rings. The molecule has 2 N–H and O–H groups in total. The van der Waals surface area contributed by atoms with Crippen LogP contribution in [-0.4, -0.2) is 65.9 Å². The van der Waals surface area contributed by atoms with Crippen LogP contribution in [0.3, 0.4) is 0 Å². The van der Waals surface area contributed by atoms with Gasteiger partial charge in [-0.3, -0.25) is 19.7 Å². The maximum absolute atomic E-state index is 12.7. The van der Waals surface area contributed by atoms with Crippen LogP contribution in [0.2, 0.25) is 0 Å².